The van der Waals surface area contributed by atoms with E-state index in [4.69, 9.17) is 4.74 Å². The molecule has 88 valence electrons. The fourth-order valence-corrected chi connectivity index (χ4v) is 1.33. The van der Waals surface area contributed by atoms with Crippen molar-refractivity contribution in [1.29, 1.82) is 0 Å². The zero-order valence-corrected chi connectivity index (χ0v) is 9.62. The summed E-state index contributed by atoms with van der Waals surface area (Å²) < 4.78 is 6.37. The quantitative estimate of drug-likeness (QED) is 0.742. The van der Waals surface area contributed by atoms with Crippen molar-refractivity contribution >= 4 is 5.97 Å². The number of carbonyl (C=O) groups excluding carboxylic acids is 1. The molecule has 0 fully saturated rings. The van der Waals surface area contributed by atoms with Crippen LogP contribution < -0.4 is 0 Å². The molecular formula is C11H12N4O2. The number of hydrogen-bond acceptors (Lipinski definition) is 5. The first-order chi connectivity index (χ1) is 8.20. The molecule has 0 saturated heterocycles. The van der Waals surface area contributed by atoms with Crippen LogP contribution in [0.2, 0.25) is 0 Å². The van der Waals surface area contributed by atoms with Crippen molar-refractivity contribution in [3.63, 3.8) is 0 Å². The Morgan fingerprint density at radius 2 is 2.29 bits per heavy atom. The molecule has 0 amide bonds. The number of nitrogens with zero attached hydrogens (tertiary/aromatic N) is 4. The van der Waals surface area contributed by atoms with E-state index < -0.39 is 5.97 Å². The summed E-state index contributed by atoms with van der Waals surface area (Å²) in [7, 11) is 0. The lowest BCUT2D eigenvalue weighted by atomic mass is 10.4. The van der Waals surface area contributed by atoms with Crippen LogP contribution in [0, 0.1) is 6.92 Å². The van der Waals surface area contributed by atoms with Gasteiger partial charge >= 0.3 is 5.97 Å². The van der Waals surface area contributed by atoms with Gasteiger partial charge in [0.1, 0.15) is 6.33 Å². The van der Waals surface area contributed by atoms with Gasteiger partial charge in [0.25, 0.3) is 0 Å². The minimum Gasteiger partial charge on any atom is -0.461 e. The van der Waals surface area contributed by atoms with E-state index in [2.05, 4.69) is 15.1 Å². The van der Waals surface area contributed by atoms with E-state index in [9.17, 15) is 4.79 Å². The summed E-state index contributed by atoms with van der Waals surface area (Å²) in [5, 5.41) is 4.09. The highest BCUT2D eigenvalue weighted by atomic mass is 16.5. The van der Waals surface area contributed by atoms with Crippen LogP contribution >= 0.6 is 0 Å². The maximum absolute atomic E-state index is 11.4. The first-order valence-corrected chi connectivity index (χ1v) is 5.22. The summed E-state index contributed by atoms with van der Waals surface area (Å²) in [6, 6.07) is 3.37. The Labute approximate surface area is 98.3 Å². The molecule has 2 rings (SSSR count). The van der Waals surface area contributed by atoms with E-state index in [1.165, 1.54) is 11.0 Å². The van der Waals surface area contributed by atoms with Crippen molar-refractivity contribution < 1.29 is 9.53 Å². The molecule has 0 atom stereocenters. The number of carbonyl (C=O) groups is 1. The molecule has 0 N–H and O–H groups in total. The highest BCUT2D eigenvalue weighted by Gasteiger charge is 2.11. The molecular weight excluding hydrogens is 220 g/mol. The summed E-state index contributed by atoms with van der Waals surface area (Å²) in [4.78, 5) is 19.5. The molecule has 0 aliphatic rings. The fraction of sp³-hybridized carbons (Fsp3) is 0.273. The van der Waals surface area contributed by atoms with E-state index in [-0.39, 0.29) is 5.69 Å². The third kappa shape index (κ3) is 2.47. The van der Waals surface area contributed by atoms with Gasteiger partial charge in [-0.15, -0.1) is 0 Å². The number of ether oxygens (including phenoxy) is 1. The fourth-order valence-electron chi connectivity index (χ4n) is 1.33. The molecule has 0 aliphatic carbocycles. The van der Waals surface area contributed by atoms with Crippen LogP contribution in [0.4, 0.5) is 0 Å². The Morgan fingerprint density at radius 1 is 1.47 bits per heavy atom. The minimum atomic E-state index is -0.433. The van der Waals surface area contributed by atoms with Crippen molar-refractivity contribution in [1.82, 2.24) is 19.7 Å². The minimum absolute atomic E-state index is 0.267. The molecule has 2 aromatic rings. The van der Waals surface area contributed by atoms with Gasteiger partial charge in [-0.1, -0.05) is 0 Å². The van der Waals surface area contributed by atoms with Crippen LogP contribution in [0.3, 0.4) is 0 Å². The molecule has 0 spiro atoms. The van der Waals surface area contributed by atoms with E-state index >= 15 is 0 Å². The third-order valence-corrected chi connectivity index (χ3v) is 2.10. The zero-order valence-electron chi connectivity index (χ0n) is 9.62. The maximum atomic E-state index is 11.4. The molecule has 0 aromatic carbocycles. The third-order valence-electron chi connectivity index (χ3n) is 2.10. The number of aromatic nitrogens is 4. The predicted molar refractivity (Wildman–Crippen MR) is 59.8 cm³/mol. The molecule has 0 saturated carbocycles. The van der Waals surface area contributed by atoms with Gasteiger partial charge in [-0.25, -0.2) is 19.4 Å². The van der Waals surface area contributed by atoms with Gasteiger partial charge < -0.3 is 4.74 Å². The van der Waals surface area contributed by atoms with Crippen molar-refractivity contribution in [2.45, 2.75) is 13.8 Å². The van der Waals surface area contributed by atoms with E-state index in [0.717, 1.165) is 5.69 Å². The van der Waals surface area contributed by atoms with Gasteiger partial charge in [0.15, 0.2) is 11.5 Å². The number of hydrogen-bond donors (Lipinski definition) is 0. The lowest BCUT2D eigenvalue weighted by Crippen LogP contribution is -2.07. The van der Waals surface area contributed by atoms with Gasteiger partial charge in [0, 0.05) is 18.0 Å². The molecule has 0 aliphatic heterocycles. The zero-order chi connectivity index (χ0) is 12.3. The lowest BCUT2D eigenvalue weighted by Gasteiger charge is -2.00. The Bertz CT molecular complexity index is 536. The molecule has 2 aromatic heterocycles. The van der Waals surface area contributed by atoms with E-state index in [1.54, 1.807) is 25.3 Å². The van der Waals surface area contributed by atoms with Gasteiger partial charge in [-0.3, -0.25) is 0 Å². The Balaban J connectivity index is 2.27. The van der Waals surface area contributed by atoms with Crippen LogP contribution in [0.15, 0.2) is 24.7 Å². The van der Waals surface area contributed by atoms with E-state index in [1.807, 2.05) is 6.92 Å². The predicted octanol–water partition coefficient (Wildman–Crippen LogP) is 1.15. The second kappa shape index (κ2) is 4.73. The van der Waals surface area contributed by atoms with Crippen LogP contribution in [-0.2, 0) is 4.74 Å². The highest BCUT2D eigenvalue weighted by Crippen LogP contribution is 2.06. The average Bonchev–Trinajstić information content (AvgIpc) is 2.78. The number of aryl methyl sites for hydroxylation is 1. The Hall–Kier alpha value is -2.24. The second-order valence-corrected chi connectivity index (χ2v) is 3.38. The van der Waals surface area contributed by atoms with Gasteiger partial charge in [-0.05, 0) is 19.9 Å². The number of rotatable bonds is 3. The van der Waals surface area contributed by atoms with Crippen LogP contribution in [0.5, 0.6) is 0 Å². The van der Waals surface area contributed by atoms with Crippen molar-refractivity contribution in [3.05, 3.63) is 36.0 Å². The SMILES string of the molecule is CCOC(=O)c1ccn(-c2cc(C)ncn2)n1. The summed E-state index contributed by atoms with van der Waals surface area (Å²) >= 11 is 0. The summed E-state index contributed by atoms with van der Waals surface area (Å²) in [5.74, 6) is 0.185. The van der Waals surface area contributed by atoms with Crippen molar-refractivity contribution in [3.8, 4) is 5.82 Å². The lowest BCUT2D eigenvalue weighted by molar-refractivity contribution is 0.0519. The largest absolute Gasteiger partial charge is 0.461 e. The smallest absolute Gasteiger partial charge is 0.358 e. The standard InChI is InChI=1S/C11H12N4O2/c1-3-17-11(16)9-4-5-15(14-9)10-6-8(2)12-7-13-10/h4-7H,3H2,1-2H3. The normalized spacial score (nSPS) is 10.2. The molecule has 0 bridgehead atoms. The van der Waals surface area contributed by atoms with Crippen molar-refractivity contribution in [2.24, 2.45) is 0 Å². The second-order valence-electron chi connectivity index (χ2n) is 3.38. The van der Waals surface area contributed by atoms with Crippen LogP contribution in [0.25, 0.3) is 5.82 Å². The topological polar surface area (TPSA) is 69.9 Å². The maximum Gasteiger partial charge on any atom is 0.358 e. The Morgan fingerprint density at radius 3 is 3.00 bits per heavy atom. The molecule has 6 nitrogen and oxygen atoms in total. The highest BCUT2D eigenvalue weighted by molar-refractivity contribution is 5.87. The summed E-state index contributed by atoms with van der Waals surface area (Å²) in [6.07, 6.45) is 3.12. The molecule has 0 unspecified atom stereocenters. The molecule has 17 heavy (non-hydrogen) atoms. The van der Waals surface area contributed by atoms with Crippen LogP contribution in [-0.4, -0.2) is 32.3 Å². The van der Waals surface area contributed by atoms with Gasteiger partial charge in [-0.2, -0.15) is 5.10 Å². The number of esters is 1. The summed E-state index contributed by atoms with van der Waals surface area (Å²) in [6.45, 7) is 3.95. The average molecular weight is 232 g/mol. The van der Waals surface area contributed by atoms with Gasteiger partial charge in [0.05, 0.1) is 6.61 Å². The summed E-state index contributed by atoms with van der Waals surface area (Å²) in [5.41, 5.74) is 1.10. The monoisotopic (exact) mass is 232 g/mol. The first kappa shape index (κ1) is 11.3. The van der Waals surface area contributed by atoms with Crippen molar-refractivity contribution in [2.75, 3.05) is 6.61 Å². The van der Waals surface area contributed by atoms with Gasteiger partial charge in [0.2, 0.25) is 0 Å². The first-order valence-electron chi connectivity index (χ1n) is 5.22. The molecule has 0 radical (unpaired) electrons. The van der Waals surface area contributed by atoms with E-state index in [0.29, 0.717) is 12.4 Å². The molecule has 6 heteroatoms. The van der Waals surface area contributed by atoms with Crippen LogP contribution in [0.1, 0.15) is 23.1 Å². The Kier molecular flexibility index (Phi) is 3.13. The molecule has 2 heterocycles.